The maximum atomic E-state index is 10.4. The Balaban J connectivity index is 0.00000169. The Morgan fingerprint density at radius 2 is 1.57 bits per heavy atom. The molecule has 7 heteroatoms. The Morgan fingerprint density at radius 3 is 1.86 bits per heavy atom. The largest absolute Gasteiger partial charge is 1.00 e. The summed E-state index contributed by atoms with van der Waals surface area (Å²) in [6, 6.07) is 3.85. The van der Waals surface area contributed by atoms with E-state index in [1.54, 1.807) is 0 Å². The van der Waals surface area contributed by atoms with Gasteiger partial charge in [-0.25, -0.2) is 8.42 Å². The van der Waals surface area contributed by atoms with Gasteiger partial charge in [-0.1, -0.05) is 12.1 Å². The number of aromatic carboxylic acids is 1. The van der Waals surface area contributed by atoms with Crippen LogP contribution in [0.2, 0.25) is 0 Å². The van der Waals surface area contributed by atoms with Crippen LogP contribution in [0.15, 0.2) is 29.2 Å². The van der Waals surface area contributed by atoms with Gasteiger partial charge in [0.05, 0.1) is 10.9 Å². The van der Waals surface area contributed by atoms with Gasteiger partial charge in [-0.15, -0.1) is 0 Å². The predicted octanol–water partition coefficient (Wildman–Crippen LogP) is -4.04. The Morgan fingerprint density at radius 1 is 1.14 bits per heavy atom. The van der Waals surface area contributed by atoms with Gasteiger partial charge in [-0.05, 0) is 17.7 Å². The van der Waals surface area contributed by atoms with Gasteiger partial charge in [0, 0.05) is 0 Å². The number of carboxylic acids is 1. The maximum absolute atomic E-state index is 10.4. The topological polar surface area (TPSA) is 97.3 Å². The Labute approximate surface area is 123 Å². The Kier molecular flexibility index (Phi) is 5.45. The summed E-state index contributed by atoms with van der Waals surface area (Å²) in [5, 5.41) is 10.2. The van der Waals surface area contributed by atoms with Crippen LogP contribution in [0.1, 0.15) is 10.4 Å². The van der Waals surface area contributed by atoms with Crippen LogP contribution < -0.4 is 56.5 Å². The minimum Gasteiger partial charge on any atom is -0.744 e. The van der Waals surface area contributed by atoms with Crippen molar-refractivity contribution in [1.29, 1.82) is 0 Å². The number of rotatable bonds is 2. The van der Waals surface area contributed by atoms with Crippen molar-refractivity contribution < 1.29 is 74.3 Å². The fourth-order valence-corrected chi connectivity index (χ4v) is 1.23. The standard InChI is InChI=1S/C7H6O5S.K/c8-7(9)5-1-3-6(4-2-5)13(10,11)12;/h1-4H,(H,8,9)(H,10,11,12);/q;+1/p-2. The molecule has 0 aromatic heterocycles. The first-order valence-corrected chi connectivity index (χ1v) is 4.59. The molecule has 0 unspecified atom stereocenters. The van der Waals surface area contributed by atoms with Crippen LogP contribution in [0.25, 0.3) is 0 Å². The molecule has 14 heavy (non-hydrogen) atoms. The van der Waals surface area contributed by atoms with Gasteiger partial charge in [0.2, 0.25) is 0 Å². The molecule has 0 atom stereocenters. The van der Waals surface area contributed by atoms with Gasteiger partial charge in [0.25, 0.3) is 0 Å². The van der Waals surface area contributed by atoms with Crippen molar-refractivity contribution in [2.24, 2.45) is 0 Å². The summed E-state index contributed by atoms with van der Waals surface area (Å²) in [7, 11) is -4.51. The summed E-state index contributed by atoms with van der Waals surface area (Å²) in [6.45, 7) is 0. The number of carboxylic acid groups (broad SMARTS) is 1. The normalized spacial score (nSPS) is 10.4. The molecule has 1 rings (SSSR count). The molecule has 1 aromatic carbocycles. The van der Waals surface area contributed by atoms with E-state index in [-0.39, 0.29) is 56.9 Å². The quantitative estimate of drug-likeness (QED) is 0.386. The molecule has 0 heterocycles. The number of hydrogen-bond donors (Lipinski definition) is 0. The minimum absolute atomic E-state index is 0. The molecule has 0 fully saturated rings. The van der Waals surface area contributed by atoms with Crippen molar-refractivity contribution in [1.82, 2.24) is 0 Å². The van der Waals surface area contributed by atoms with E-state index in [9.17, 15) is 22.9 Å². The molecule has 1 aromatic rings. The van der Waals surface area contributed by atoms with Crippen LogP contribution in [0.3, 0.4) is 0 Å². The SMILES string of the molecule is O=C([O-])c1ccc(S(=O)(=O)[O-])cc1.[K+]. The number of hydrogen-bond acceptors (Lipinski definition) is 5. The van der Waals surface area contributed by atoms with E-state index in [2.05, 4.69) is 0 Å². The molecule has 0 N–H and O–H groups in total. The average molecular weight is 239 g/mol. The minimum atomic E-state index is -4.51. The van der Waals surface area contributed by atoms with Crippen molar-refractivity contribution in [3.05, 3.63) is 29.8 Å². The summed E-state index contributed by atoms with van der Waals surface area (Å²) in [6.07, 6.45) is 0. The van der Waals surface area contributed by atoms with Crippen LogP contribution in [0.5, 0.6) is 0 Å². The smallest absolute Gasteiger partial charge is 0.744 e. The zero-order chi connectivity index (χ0) is 10.1. The number of carbonyl (C=O) groups excluding carboxylic acids is 1. The second-order valence-corrected chi connectivity index (χ2v) is 3.65. The van der Waals surface area contributed by atoms with Crippen LogP contribution >= 0.6 is 0 Å². The number of carbonyl (C=O) groups is 1. The third-order valence-electron chi connectivity index (χ3n) is 1.38. The van der Waals surface area contributed by atoms with Gasteiger partial charge in [0.15, 0.2) is 0 Å². The van der Waals surface area contributed by atoms with E-state index < -0.39 is 21.0 Å². The van der Waals surface area contributed by atoms with Crippen molar-refractivity contribution >= 4 is 16.1 Å². The molecule has 5 nitrogen and oxygen atoms in total. The monoisotopic (exact) mass is 239 g/mol. The molecule has 0 spiro atoms. The van der Waals surface area contributed by atoms with Gasteiger partial charge >= 0.3 is 51.4 Å². The molecule has 0 aliphatic rings. The second-order valence-electron chi connectivity index (χ2n) is 2.27. The zero-order valence-corrected chi connectivity index (χ0v) is 11.2. The van der Waals surface area contributed by atoms with Crippen molar-refractivity contribution in [2.75, 3.05) is 0 Å². The molecular weight excluding hydrogens is 235 g/mol. The average Bonchev–Trinajstić information content (AvgIpc) is 2.03. The van der Waals surface area contributed by atoms with E-state index in [4.69, 9.17) is 0 Å². The summed E-state index contributed by atoms with van der Waals surface area (Å²) < 4.78 is 31.2. The van der Waals surface area contributed by atoms with Crippen LogP contribution in [-0.4, -0.2) is 18.9 Å². The predicted molar refractivity (Wildman–Crippen MR) is 38.7 cm³/mol. The van der Waals surface area contributed by atoms with Crippen molar-refractivity contribution in [2.45, 2.75) is 4.90 Å². The fraction of sp³-hybridized carbons (Fsp3) is 0. The van der Waals surface area contributed by atoms with Gasteiger partial charge in [0.1, 0.15) is 10.1 Å². The van der Waals surface area contributed by atoms with Gasteiger partial charge in [-0.3, -0.25) is 0 Å². The van der Waals surface area contributed by atoms with Crippen molar-refractivity contribution in [3.8, 4) is 0 Å². The maximum Gasteiger partial charge on any atom is 1.00 e. The third-order valence-corrected chi connectivity index (χ3v) is 2.23. The first kappa shape index (κ1) is 14.2. The van der Waals surface area contributed by atoms with E-state index >= 15 is 0 Å². The van der Waals surface area contributed by atoms with E-state index in [0.29, 0.717) is 0 Å². The molecule has 0 bridgehead atoms. The summed E-state index contributed by atoms with van der Waals surface area (Å²) in [5.74, 6) is -1.42. The Hall–Kier alpha value is 0.236. The van der Waals surface area contributed by atoms with Crippen LogP contribution in [-0.2, 0) is 10.1 Å². The molecule has 0 aliphatic heterocycles. The van der Waals surface area contributed by atoms with E-state index in [1.165, 1.54) is 0 Å². The van der Waals surface area contributed by atoms with E-state index in [0.717, 1.165) is 24.3 Å². The summed E-state index contributed by atoms with van der Waals surface area (Å²) >= 11 is 0. The summed E-state index contributed by atoms with van der Waals surface area (Å²) in [5.41, 5.74) is -0.174. The Bertz CT molecular complexity index is 422. The van der Waals surface area contributed by atoms with Crippen LogP contribution in [0.4, 0.5) is 0 Å². The van der Waals surface area contributed by atoms with E-state index in [1.807, 2.05) is 0 Å². The molecule has 0 amide bonds. The first-order chi connectivity index (χ1) is 5.91. The molecule has 0 saturated heterocycles. The first-order valence-electron chi connectivity index (χ1n) is 3.18. The second kappa shape index (κ2) is 5.36. The number of benzene rings is 1. The van der Waals surface area contributed by atoms with Gasteiger partial charge in [-0.2, -0.15) is 0 Å². The molecule has 0 radical (unpaired) electrons. The third kappa shape index (κ3) is 3.77. The zero-order valence-electron chi connectivity index (χ0n) is 7.26. The molecule has 70 valence electrons. The van der Waals surface area contributed by atoms with Crippen molar-refractivity contribution in [3.63, 3.8) is 0 Å². The molecular formula is C7H4KO5S-. The fourth-order valence-electron chi connectivity index (χ4n) is 0.758. The molecule has 0 saturated carbocycles. The summed E-state index contributed by atoms with van der Waals surface area (Å²) in [4.78, 5) is 9.76. The molecule has 0 aliphatic carbocycles. The van der Waals surface area contributed by atoms with Gasteiger partial charge < -0.3 is 14.5 Å². The van der Waals surface area contributed by atoms with Crippen LogP contribution in [0, 0.1) is 0 Å².